The fourth-order valence-corrected chi connectivity index (χ4v) is 1.84. The van der Waals surface area contributed by atoms with Crippen LogP contribution < -0.4 is 11.3 Å². The first-order valence-corrected chi connectivity index (χ1v) is 5.62. The first-order valence-electron chi connectivity index (χ1n) is 3.97. The second-order valence-electron chi connectivity index (χ2n) is 2.62. The molecule has 0 bridgehead atoms. The molecular weight excluding hydrogens is 220 g/mol. The molecule has 0 radical (unpaired) electrons. The predicted molar refractivity (Wildman–Crippen MR) is 52.3 cm³/mol. The number of hydrogen-bond donors (Lipinski definition) is 2. The largest absolute Gasteiger partial charge is 0.432 e. The summed E-state index contributed by atoms with van der Waals surface area (Å²) in [6.07, 6.45) is -0.991. The van der Waals surface area contributed by atoms with Crippen molar-refractivity contribution in [2.75, 3.05) is 5.94 Å². The van der Waals surface area contributed by atoms with Crippen molar-refractivity contribution in [2.24, 2.45) is 5.84 Å². The van der Waals surface area contributed by atoms with Gasteiger partial charge in [-0.05, 0) is 12.1 Å². The molecule has 3 N–H and O–H groups in total. The monoisotopic (exact) mass is 230 g/mol. The molecule has 6 nitrogen and oxygen atoms in total. The van der Waals surface area contributed by atoms with Crippen LogP contribution in [0.25, 0.3) is 0 Å². The highest BCUT2D eigenvalue weighted by Crippen LogP contribution is 2.09. The number of nitrogens with one attached hydrogen (secondary N) is 1. The lowest BCUT2D eigenvalue weighted by atomic mass is 10.4. The first-order chi connectivity index (χ1) is 7.06. The molecule has 15 heavy (non-hydrogen) atoms. The Morgan fingerprint density at radius 1 is 1.33 bits per heavy atom. The molecule has 1 rings (SSSR count). The number of carbonyl (C=O) groups is 1. The SMILES string of the molecule is NNC(=O)OCS(=O)(=O)c1ccccc1. The summed E-state index contributed by atoms with van der Waals surface area (Å²) in [5.41, 5.74) is 1.66. The van der Waals surface area contributed by atoms with E-state index in [1.54, 1.807) is 23.6 Å². The van der Waals surface area contributed by atoms with Crippen molar-refractivity contribution >= 4 is 15.9 Å². The minimum absolute atomic E-state index is 0.0924. The molecule has 1 aromatic rings. The van der Waals surface area contributed by atoms with Crippen molar-refractivity contribution in [1.29, 1.82) is 0 Å². The Balaban J connectivity index is 2.73. The molecule has 0 unspecified atom stereocenters. The summed E-state index contributed by atoms with van der Waals surface area (Å²) in [6, 6.07) is 7.68. The predicted octanol–water partition coefficient (Wildman–Crippen LogP) is 0.0177. The molecule has 0 saturated carbocycles. The zero-order valence-electron chi connectivity index (χ0n) is 7.71. The molecule has 0 fully saturated rings. The average Bonchev–Trinajstić information content (AvgIpc) is 2.27. The van der Waals surface area contributed by atoms with Gasteiger partial charge in [-0.25, -0.2) is 19.1 Å². The molecule has 7 heteroatoms. The van der Waals surface area contributed by atoms with Crippen LogP contribution in [0.1, 0.15) is 0 Å². The van der Waals surface area contributed by atoms with Gasteiger partial charge in [0.05, 0.1) is 4.90 Å². The fraction of sp³-hybridized carbons (Fsp3) is 0.125. The number of ether oxygens (including phenoxy) is 1. The maximum atomic E-state index is 11.5. The van der Waals surface area contributed by atoms with Gasteiger partial charge in [-0.15, -0.1) is 0 Å². The second kappa shape index (κ2) is 4.76. The first kappa shape index (κ1) is 11.5. The summed E-state index contributed by atoms with van der Waals surface area (Å²) < 4.78 is 27.4. The quantitative estimate of drug-likeness (QED) is 0.433. The zero-order valence-corrected chi connectivity index (χ0v) is 8.53. The van der Waals surface area contributed by atoms with E-state index < -0.39 is 21.9 Å². The van der Waals surface area contributed by atoms with Crippen LogP contribution in [0.3, 0.4) is 0 Å². The van der Waals surface area contributed by atoms with Gasteiger partial charge in [0.2, 0.25) is 9.84 Å². The van der Waals surface area contributed by atoms with E-state index in [-0.39, 0.29) is 4.90 Å². The highest BCUT2D eigenvalue weighted by atomic mass is 32.2. The summed E-state index contributed by atoms with van der Waals surface area (Å²) >= 11 is 0. The van der Waals surface area contributed by atoms with Gasteiger partial charge in [0, 0.05) is 0 Å². The molecule has 0 atom stereocenters. The van der Waals surface area contributed by atoms with Gasteiger partial charge in [-0.3, -0.25) is 5.43 Å². The number of amides is 1. The third-order valence-corrected chi connectivity index (χ3v) is 2.98. The number of carbonyl (C=O) groups excluding carboxylic acids is 1. The molecule has 0 aliphatic heterocycles. The van der Waals surface area contributed by atoms with Gasteiger partial charge < -0.3 is 4.74 Å². The number of rotatable bonds is 3. The van der Waals surface area contributed by atoms with Crippen LogP contribution in [0.15, 0.2) is 35.2 Å². The molecule has 0 aliphatic carbocycles. The van der Waals surface area contributed by atoms with Crippen LogP contribution >= 0.6 is 0 Å². The normalized spacial score (nSPS) is 10.7. The van der Waals surface area contributed by atoms with E-state index in [0.29, 0.717) is 0 Å². The van der Waals surface area contributed by atoms with Crippen molar-refractivity contribution in [3.05, 3.63) is 30.3 Å². The lowest BCUT2D eigenvalue weighted by Crippen LogP contribution is -2.32. The molecule has 0 aromatic heterocycles. The molecule has 82 valence electrons. The maximum absolute atomic E-state index is 11.5. The van der Waals surface area contributed by atoms with Crippen LogP contribution in [0.4, 0.5) is 4.79 Å². The van der Waals surface area contributed by atoms with E-state index in [1.165, 1.54) is 12.1 Å². The number of benzene rings is 1. The van der Waals surface area contributed by atoms with Crippen LogP contribution in [-0.2, 0) is 14.6 Å². The van der Waals surface area contributed by atoms with Crippen molar-refractivity contribution in [3.8, 4) is 0 Å². The Labute approximate surface area is 86.9 Å². The smallest absolute Gasteiger partial charge is 0.422 e. The molecule has 1 aromatic carbocycles. The zero-order chi connectivity index (χ0) is 11.3. The maximum Gasteiger partial charge on any atom is 0.422 e. The van der Waals surface area contributed by atoms with Gasteiger partial charge in [-0.1, -0.05) is 18.2 Å². The van der Waals surface area contributed by atoms with E-state index in [4.69, 9.17) is 5.84 Å². The highest BCUT2D eigenvalue weighted by Gasteiger charge is 2.15. The molecule has 0 saturated heterocycles. The van der Waals surface area contributed by atoms with Gasteiger partial charge in [0.1, 0.15) is 0 Å². The Morgan fingerprint density at radius 2 is 1.93 bits per heavy atom. The lowest BCUT2D eigenvalue weighted by Gasteiger charge is -2.04. The minimum Gasteiger partial charge on any atom is -0.432 e. The minimum atomic E-state index is -3.60. The van der Waals surface area contributed by atoms with Crippen LogP contribution in [0.5, 0.6) is 0 Å². The Bertz CT molecular complexity index is 429. The molecule has 1 amide bonds. The molecule has 0 aliphatic rings. The Kier molecular flexibility index (Phi) is 3.64. The summed E-state index contributed by atoms with van der Waals surface area (Å²) in [4.78, 5) is 10.7. The summed E-state index contributed by atoms with van der Waals surface area (Å²) in [6.45, 7) is 0. The van der Waals surface area contributed by atoms with E-state index in [2.05, 4.69) is 4.74 Å². The van der Waals surface area contributed by atoms with Gasteiger partial charge in [0.15, 0.2) is 5.94 Å². The second-order valence-corrected chi connectivity index (χ2v) is 4.56. The topological polar surface area (TPSA) is 98.5 Å². The number of hydrogen-bond acceptors (Lipinski definition) is 5. The van der Waals surface area contributed by atoms with Crippen LogP contribution in [0, 0.1) is 0 Å². The third kappa shape index (κ3) is 3.22. The highest BCUT2D eigenvalue weighted by molar-refractivity contribution is 7.91. The van der Waals surface area contributed by atoms with E-state index >= 15 is 0 Å². The summed E-state index contributed by atoms with van der Waals surface area (Å²) in [5, 5.41) is 0. The molecule has 0 spiro atoms. The Hall–Kier alpha value is -1.60. The molecule has 0 heterocycles. The van der Waals surface area contributed by atoms with Crippen LogP contribution in [0.2, 0.25) is 0 Å². The lowest BCUT2D eigenvalue weighted by molar-refractivity contribution is 0.163. The summed E-state index contributed by atoms with van der Waals surface area (Å²) in [7, 11) is -3.60. The Morgan fingerprint density at radius 3 is 2.47 bits per heavy atom. The van der Waals surface area contributed by atoms with Gasteiger partial charge in [0.25, 0.3) is 0 Å². The summed E-state index contributed by atoms with van der Waals surface area (Å²) in [5.74, 6) is 3.98. The van der Waals surface area contributed by atoms with Crippen molar-refractivity contribution in [2.45, 2.75) is 4.90 Å². The van der Waals surface area contributed by atoms with Crippen molar-refractivity contribution in [1.82, 2.24) is 5.43 Å². The van der Waals surface area contributed by atoms with E-state index in [1.807, 2.05) is 0 Å². The molecular formula is C8H10N2O4S. The standard InChI is InChI=1S/C8H10N2O4S/c9-10-8(11)14-6-15(12,13)7-4-2-1-3-5-7/h1-5H,6,9H2,(H,10,11). The van der Waals surface area contributed by atoms with Crippen molar-refractivity contribution in [3.63, 3.8) is 0 Å². The van der Waals surface area contributed by atoms with Crippen molar-refractivity contribution < 1.29 is 17.9 Å². The van der Waals surface area contributed by atoms with Gasteiger partial charge >= 0.3 is 6.09 Å². The average molecular weight is 230 g/mol. The number of nitrogens with two attached hydrogens (primary N) is 1. The third-order valence-electron chi connectivity index (χ3n) is 1.57. The van der Waals surface area contributed by atoms with Crippen LogP contribution in [-0.4, -0.2) is 20.4 Å². The number of hydrazine groups is 1. The number of sulfone groups is 1. The van der Waals surface area contributed by atoms with E-state index in [0.717, 1.165) is 0 Å². The fourth-order valence-electron chi connectivity index (χ4n) is 0.869. The van der Waals surface area contributed by atoms with E-state index in [9.17, 15) is 13.2 Å². The van der Waals surface area contributed by atoms with Gasteiger partial charge in [-0.2, -0.15) is 0 Å².